The molecule has 0 heterocycles. The van der Waals surface area contributed by atoms with E-state index >= 15 is 0 Å². The number of carbonyl (C=O) groups excluding carboxylic acids is 1. The van der Waals surface area contributed by atoms with Gasteiger partial charge in [-0.3, -0.25) is 0 Å². The number of carbonyl (C=O) groups is 1. The van der Waals surface area contributed by atoms with Gasteiger partial charge in [0.1, 0.15) is 5.75 Å². The van der Waals surface area contributed by atoms with Crippen LogP contribution in [0.1, 0.15) is 5.56 Å². The Bertz CT molecular complexity index is 407. The maximum Gasteiger partial charge on any atom is 0.381 e. The van der Waals surface area contributed by atoms with Crippen LogP contribution in [0.2, 0.25) is 5.02 Å². The summed E-state index contributed by atoms with van der Waals surface area (Å²) in [5.41, 5.74) is -0.616. The lowest BCUT2D eigenvalue weighted by Crippen LogP contribution is -2.27. The zero-order chi connectivity index (χ0) is 12.3. The van der Waals surface area contributed by atoms with Crippen molar-refractivity contribution >= 4 is 17.6 Å². The van der Waals surface area contributed by atoms with Crippen LogP contribution in [0, 0.1) is 0 Å². The fraction of sp³-hybridized carbons (Fsp3) is 0.300. The van der Waals surface area contributed by atoms with Gasteiger partial charge >= 0.3 is 11.9 Å². The summed E-state index contributed by atoms with van der Waals surface area (Å²) in [7, 11) is 2.07. The van der Waals surface area contributed by atoms with Gasteiger partial charge in [0.2, 0.25) is 0 Å². The Hall–Kier alpha value is -1.36. The van der Waals surface area contributed by atoms with Crippen molar-refractivity contribution in [3.8, 4) is 5.75 Å². The molecule has 0 spiro atoms. The number of esters is 1. The first-order chi connectivity index (χ1) is 7.45. The molecule has 0 aromatic heterocycles. The first-order valence-electron chi connectivity index (χ1n) is 4.24. The topological polar surface area (TPSA) is 35.5 Å². The van der Waals surface area contributed by atoms with Gasteiger partial charge in [-0.1, -0.05) is 17.7 Å². The van der Waals surface area contributed by atoms with Crippen molar-refractivity contribution in [2.24, 2.45) is 0 Å². The van der Waals surface area contributed by atoms with E-state index in [1.807, 2.05) is 0 Å². The second-order valence-corrected chi connectivity index (χ2v) is 3.29. The minimum atomic E-state index is -3.79. The third kappa shape index (κ3) is 2.09. The van der Waals surface area contributed by atoms with E-state index in [0.717, 1.165) is 13.2 Å². The molecule has 0 aliphatic heterocycles. The smallest absolute Gasteiger partial charge is 0.381 e. The van der Waals surface area contributed by atoms with E-state index in [-0.39, 0.29) is 10.8 Å². The van der Waals surface area contributed by atoms with Gasteiger partial charge in [0, 0.05) is 0 Å². The van der Waals surface area contributed by atoms with Gasteiger partial charge < -0.3 is 9.47 Å². The Labute approximate surface area is 95.9 Å². The first kappa shape index (κ1) is 12.7. The van der Waals surface area contributed by atoms with E-state index < -0.39 is 17.5 Å². The Morgan fingerprint density at radius 3 is 2.50 bits per heavy atom. The fourth-order valence-electron chi connectivity index (χ4n) is 1.20. The molecule has 0 saturated heterocycles. The highest BCUT2D eigenvalue weighted by atomic mass is 35.5. The van der Waals surface area contributed by atoms with Crippen LogP contribution in [0.5, 0.6) is 5.75 Å². The molecular formula is C10H9ClF2O3. The standard InChI is InChI=1S/C10H9ClF2O3/c1-15-8-6(4-3-5-7(8)11)10(12,13)9(14)16-2/h3-5H,1-2H3. The van der Waals surface area contributed by atoms with Gasteiger partial charge in [-0.25, -0.2) is 4.79 Å². The summed E-state index contributed by atoms with van der Waals surface area (Å²) in [5, 5.41) is 0.00331. The minimum Gasteiger partial charge on any atom is -0.495 e. The summed E-state index contributed by atoms with van der Waals surface area (Å²) >= 11 is 5.67. The van der Waals surface area contributed by atoms with E-state index in [4.69, 9.17) is 16.3 Å². The van der Waals surface area contributed by atoms with Crippen LogP contribution in [0.4, 0.5) is 8.78 Å². The Morgan fingerprint density at radius 1 is 1.38 bits per heavy atom. The lowest BCUT2D eigenvalue weighted by atomic mass is 10.1. The number of ether oxygens (including phenoxy) is 2. The van der Waals surface area contributed by atoms with Crippen molar-refractivity contribution in [1.82, 2.24) is 0 Å². The van der Waals surface area contributed by atoms with Crippen LogP contribution in [0.3, 0.4) is 0 Å². The van der Waals surface area contributed by atoms with Crippen LogP contribution in [0.15, 0.2) is 18.2 Å². The summed E-state index contributed by atoms with van der Waals surface area (Å²) in [6.45, 7) is 0. The molecular weight excluding hydrogens is 242 g/mol. The average Bonchev–Trinajstić information content (AvgIpc) is 2.27. The summed E-state index contributed by atoms with van der Waals surface area (Å²) in [6, 6.07) is 3.75. The largest absolute Gasteiger partial charge is 0.495 e. The first-order valence-corrected chi connectivity index (χ1v) is 4.62. The van der Waals surface area contributed by atoms with Crippen molar-refractivity contribution in [3.63, 3.8) is 0 Å². The molecule has 0 fully saturated rings. The van der Waals surface area contributed by atoms with Crippen LogP contribution in [-0.2, 0) is 15.5 Å². The molecule has 1 rings (SSSR count). The molecule has 0 amide bonds. The quantitative estimate of drug-likeness (QED) is 0.774. The number of halogens is 3. The zero-order valence-corrected chi connectivity index (χ0v) is 9.35. The van der Waals surface area contributed by atoms with Crippen molar-refractivity contribution in [1.29, 1.82) is 0 Å². The van der Waals surface area contributed by atoms with E-state index in [0.29, 0.717) is 0 Å². The molecule has 16 heavy (non-hydrogen) atoms. The molecule has 3 nitrogen and oxygen atoms in total. The minimum absolute atomic E-state index is 0.00331. The van der Waals surface area contributed by atoms with Crippen molar-refractivity contribution in [2.75, 3.05) is 14.2 Å². The number of methoxy groups -OCH3 is 2. The maximum atomic E-state index is 13.6. The monoisotopic (exact) mass is 250 g/mol. The van der Waals surface area contributed by atoms with E-state index in [2.05, 4.69) is 4.74 Å². The molecule has 88 valence electrons. The maximum absolute atomic E-state index is 13.6. The average molecular weight is 251 g/mol. The number of alkyl halides is 2. The molecule has 0 aliphatic carbocycles. The highest BCUT2D eigenvalue weighted by molar-refractivity contribution is 6.32. The normalized spacial score (nSPS) is 11.1. The molecule has 0 unspecified atom stereocenters. The van der Waals surface area contributed by atoms with Gasteiger partial charge in [0.05, 0.1) is 24.8 Å². The Balaban J connectivity index is 3.32. The second-order valence-electron chi connectivity index (χ2n) is 2.89. The second kappa shape index (κ2) is 4.65. The lowest BCUT2D eigenvalue weighted by molar-refractivity contribution is -0.170. The number of para-hydroxylation sites is 1. The summed E-state index contributed by atoms with van der Waals surface area (Å²) in [6.07, 6.45) is 0. The van der Waals surface area contributed by atoms with Crippen molar-refractivity contribution < 1.29 is 23.0 Å². The van der Waals surface area contributed by atoms with Crippen LogP contribution in [-0.4, -0.2) is 20.2 Å². The van der Waals surface area contributed by atoms with Gasteiger partial charge in [-0.05, 0) is 12.1 Å². The molecule has 0 saturated carbocycles. The summed E-state index contributed by atoms with van der Waals surface area (Å²) in [5.74, 6) is -5.68. The molecule has 0 bridgehead atoms. The Kier molecular flexibility index (Phi) is 3.70. The van der Waals surface area contributed by atoms with E-state index in [1.54, 1.807) is 0 Å². The third-order valence-electron chi connectivity index (χ3n) is 1.95. The van der Waals surface area contributed by atoms with Crippen LogP contribution >= 0.6 is 11.6 Å². The highest BCUT2D eigenvalue weighted by Crippen LogP contribution is 2.39. The summed E-state index contributed by atoms with van der Waals surface area (Å²) in [4.78, 5) is 10.9. The van der Waals surface area contributed by atoms with Crippen molar-refractivity contribution in [2.45, 2.75) is 5.92 Å². The van der Waals surface area contributed by atoms with Gasteiger partial charge in [-0.15, -0.1) is 0 Å². The Morgan fingerprint density at radius 2 is 2.00 bits per heavy atom. The van der Waals surface area contributed by atoms with Gasteiger partial charge in [0.15, 0.2) is 0 Å². The number of hydrogen-bond acceptors (Lipinski definition) is 3. The lowest BCUT2D eigenvalue weighted by Gasteiger charge is -2.17. The summed E-state index contributed by atoms with van der Waals surface area (Å²) < 4.78 is 35.9. The number of rotatable bonds is 3. The van der Waals surface area contributed by atoms with Crippen LogP contribution in [0.25, 0.3) is 0 Å². The molecule has 1 aromatic carbocycles. The van der Waals surface area contributed by atoms with Crippen molar-refractivity contribution in [3.05, 3.63) is 28.8 Å². The molecule has 1 aromatic rings. The zero-order valence-electron chi connectivity index (χ0n) is 8.59. The van der Waals surface area contributed by atoms with E-state index in [1.165, 1.54) is 19.2 Å². The molecule has 0 radical (unpaired) electrons. The molecule has 0 N–H and O–H groups in total. The molecule has 0 aliphatic rings. The number of hydrogen-bond donors (Lipinski definition) is 0. The molecule has 0 atom stereocenters. The fourth-order valence-corrected chi connectivity index (χ4v) is 1.45. The SMILES string of the molecule is COC(=O)C(F)(F)c1cccc(Cl)c1OC. The predicted octanol–water partition coefficient (Wildman–Crippen LogP) is 2.61. The third-order valence-corrected chi connectivity index (χ3v) is 2.25. The van der Waals surface area contributed by atoms with E-state index in [9.17, 15) is 13.6 Å². The predicted molar refractivity (Wildman–Crippen MR) is 53.9 cm³/mol. The van der Waals surface area contributed by atoms with Crippen LogP contribution < -0.4 is 4.74 Å². The molecule has 6 heteroatoms. The van der Waals surface area contributed by atoms with Gasteiger partial charge in [-0.2, -0.15) is 8.78 Å². The highest BCUT2D eigenvalue weighted by Gasteiger charge is 2.45. The van der Waals surface area contributed by atoms with Gasteiger partial charge in [0.25, 0.3) is 0 Å². The number of benzene rings is 1.